The molecule has 1 saturated heterocycles. The Kier molecular flexibility index (Phi) is 4.38. The van der Waals surface area contributed by atoms with Crippen LogP contribution in [0.4, 0.5) is 17.7 Å². The highest BCUT2D eigenvalue weighted by Crippen LogP contribution is 2.33. The normalized spacial score (nSPS) is 19.3. The fraction of sp³-hybridized carbons (Fsp3) is 0.579. The second-order valence-electron chi connectivity index (χ2n) is 7.70. The van der Waals surface area contributed by atoms with Crippen molar-refractivity contribution in [3.8, 4) is 0 Å². The molecule has 1 fully saturated rings. The molecule has 138 valence electrons. The van der Waals surface area contributed by atoms with Gasteiger partial charge in [-0.2, -0.15) is 15.0 Å². The van der Waals surface area contributed by atoms with Crippen LogP contribution in [0.15, 0.2) is 18.3 Å². The van der Waals surface area contributed by atoms with Gasteiger partial charge in [-0.3, -0.25) is 0 Å². The quantitative estimate of drug-likeness (QED) is 0.840. The molecule has 0 spiro atoms. The van der Waals surface area contributed by atoms with Crippen LogP contribution in [-0.4, -0.2) is 53.2 Å². The summed E-state index contributed by atoms with van der Waals surface area (Å²) in [4.78, 5) is 25.6. The fourth-order valence-electron chi connectivity index (χ4n) is 3.76. The number of aromatic nitrogens is 4. The van der Waals surface area contributed by atoms with Crippen molar-refractivity contribution in [3.05, 3.63) is 29.7 Å². The number of fused-ring (bicyclic) bond motifs is 3. The molecule has 0 aliphatic carbocycles. The van der Waals surface area contributed by atoms with E-state index in [2.05, 4.69) is 39.7 Å². The summed E-state index contributed by atoms with van der Waals surface area (Å²) in [6.45, 7) is 7.03. The molecule has 2 aliphatic heterocycles. The lowest BCUT2D eigenvalue weighted by atomic mass is 10.2. The number of hydrogen-bond acceptors (Lipinski definition) is 7. The van der Waals surface area contributed by atoms with E-state index >= 15 is 0 Å². The third-order valence-electron chi connectivity index (χ3n) is 5.14. The van der Waals surface area contributed by atoms with Gasteiger partial charge in [0, 0.05) is 57.4 Å². The van der Waals surface area contributed by atoms with Crippen LogP contribution in [0, 0.1) is 0 Å². The molecule has 0 radical (unpaired) electrons. The lowest BCUT2D eigenvalue weighted by molar-refractivity contribution is 0.627. The molecule has 4 heterocycles. The number of rotatable bonds is 3. The van der Waals surface area contributed by atoms with Crippen LogP contribution >= 0.6 is 0 Å². The van der Waals surface area contributed by atoms with E-state index in [1.807, 2.05) is 31.3 Å². The average Bonchev–Trinajstić information content (AvgIpc) is 3.03. The topological polar surface area (TPSA) is 61.3 Å². The fourth-order valence-corrected chi connectivity index (χ4v) is 3.76. The first-order valence-corrected chi connectivity index (χ1v) is 9.41. The number of nitrogens with zero attached hydrogens (tertiary/aromatic N) is 7. The molecule has 0 saturated carbocycles. The van der Waals surface area contributed by atoms with Gasteiger partial charge < -0.3 is 14.7 Å². The summed E-state index contributed by atoms with van der Waals surface area (Å²) < 4.78 is 0. The molecule has 2 aromatic rings. The number of anilines is 3. The van der Waals surface area contributed by atoms with E-state index in [0.717, 1.165) is 43.2 Å². The molecule has 2 aromatic heterocycles. The standard InChI is InChI=1S/C19H27N7/c1-13(2)16-21-18(24(3)4)23-19(22-16)25-11-14-7-5-9-20-17(14)26-10-6-8-15(26)12-25/h5,7,9,13,15H,6,8,10-12H2,1-4H3/t15-/m1/s1. The minimum atomic E-state index is 0.263. The molecule has 7 nitrogen and oxygen atoms in total. The van der Waals surface area contributed by atoms with Gasteiger partial charge in [-0.25, -0.2) is 4.98 Å². The Morgan fingerprint density at radius 2 is 2.04 bits per heavy atom. The summed E-state index contributed by atoms with van der Waals surface area (Å²) in [5, 5.41) is 0. The predicted molar refractivity (Wildman–Crippen MR) is 104 cm³/mol. The minimum Gasteiger partial charge on any atom is -0.352 e. The molecule has 1 atom stereocenters. The monoisotopic (exact) mass is 353 g/mol. The van der Waals surface area contributed by atoms with Crippen LogP contribution in [0.1, 0.15) is 44.0 Å². The van der Waals surface area contributed by atoms with Gasteiger partial charge in [0.2, 0.25) is 11.9 Å². The van der Waals surface area contributed by atoms with Gasteiger partial charge in [-0.1, -0.05) is 19.9 Å². The molecule has 0 N–H and O–H groups in total. The zero-order valence-corrected chi connectivity index (χ0v) is 16.1. The van der Waals surface area contributed by atoms with E-state index in [1.165, 1.54) is 18.4 Å². The van der Waals surface area contributed by atoms with Gasteiger partial charge in [0.15, 0.2) is 0 Å². The SMILES string of the molecule is CC(C)c1nc(N(C)C)nc(N2Cc3cccnc3N3CCC[C@@H]3C2)n1. The smallest absolute Gasteiger partial charge is 0.230 e. The molecular weight excluding hydrogens is 326 g/mol. The van der Waals surface area contributed by atoms with E-state index in [9.17, 15) is 0 Å². The van der Waals surface area contributed by atoms with Crippen molar-refractivity contribution >= 4 is 17.7 Å². The maximum Gasteiger partial charge on any atom is 0.230 e. The molecule has 4 rings (SSSR count). The largest absolute Gasteiger partial charge is 0.352 e. The van der Waals surface area contributed by atoms with Crippen molar-refractivity contribution in [3.63, 3.8) is 0 Å². The Balaban J connectivity index is 1.76. The van der Waals surface area contributed by atoms with Gasteiger partial charge >= 0.3 is 0 Å². The highest BCUT2D eigenvalue weighted by atomic mass is 15.4. The Labute approximate surface area is 155 Å². The number of hydrogen-bond donors (Lipinski definition) is 0. The summed E-state index contributed by atoms with van der Waals surface area (Å²) in [7, 11) is 3.95. The van der Waals surface area contributed by atoms with E-state index < -0.39 is 0 Å². The van der Waals surface area contributed by atoms with E-state index in [1.54, 1.807) is 0 Å². The van der Waals surface area contributed by atoms with E-state index in [4.69, 9.17) is 9.97 Å². The molecule has 26 heavy (non-hydrogen) atoms. The van der Waals surface area contributed by atoms with Crippen molar-refractivity contribution < 1.29 is 0 Å². The van der Waals surface area contributed by atoms with Crippen molar-refractivity contribution in [1.29, 1.82) is 0 Å². The second kappa shape index (κ2) is 6.70. The van der Waals surface area contributed by atoms with Gasteiger partial charge in [0.25, 0.3) is 0 Å². The molecule has 0 unspecified atom stereocenters. The first-order valence-electron chi connectivity index (χ1n) is 9.41. The lowest BCUT2D eigenvalue weighted by Crippen LogP contribution is -2.38. The van der Waals surface area contributed by atoms with Crippen molar-refractivity contribution in [1.82, 2.24) is 19.9 Å². The minimum absolute atomic E-state index is 0.263. The Bertz CT molecular complexity index is 763. The van der Waals surface area contributed by atoms with Gasteiger partial charge in [0.05, 0.1) is 0 Å². The van der Waals surface area contributed by atoms with Gasteiger partial charge in [-0.15, -0.1) is 0 Å². The van der Waals surface area contributed by atoms with Crippen LogP contribution in [0.25, 0.3) is 0 Å². The van der Waals surface area contributed by atoms with Crippen LogP contribution < -0.4 is 14.7 Å². The molecule has 2 aliphatic rings. The van der Waals surface area contributed by atoms with E-state index in [-0.39, 0.29) is 5.92 Å². The molecule has 7 heteroatoms. The number of pyridine rings is 1. The van der Waals surface area contributed by atoms with Crippen molar-refractivity contribution in [2.24, 2.45) is 0 Å². The Morgan fingerprint density at radius 1 is 1.19 bits per heavy atom. The lowest BCUT2D eigenvalue weighted by Gasteiger charge is -2.27. The van der Waals surface area contributed by atoms with Crippen molar-refractivity contribution in [2.75, 3.05) is 41.9 Å². The summed E-state index contributed by atoms with van der Waals surface area (Å²) in [5.41, 5.74) is 1.25. The van der Waals surface area contributed by atoms with Crippen molar-refractivity contribution in [2.45, 2.75) is 45.2 Å². The third kappa shape index (κ3) is 3.06. The molecule has 0 aromatic carbocycles. The Morgan fingerprint density at radius 3 is 2.81 bits per heavy atom. The van der Waals surface area contributed by atoms with Gasteiger partial charge in [-0.05, 0) is 18.9 Å². The average molecular weight is 353 g/mol. The first kappa shape index (κ1) is 17.0. The highest BCUT2D eigenvalue weighted by molar-refractivity contribution is 5.53. The summed E-state index contributed by atoms with van der Waals surface area (Å²) >= 11 is 0. The summed E-state index contributed by atoms with van der Waals surface area (Å²) in [6, 6.07) is 4.66. The highest BCUT2D eigenvalue weighted by Gasteiger charge is 2.33. The molecule has 0 amide bonds. The zero-order valence-electron chi connectivity index (χ0n) is 16.1. The second-order valence-corrected chi connectivity index (χ2v) is 7.70. The van der Waals surface area contributed by atoms with Crippen LogP contribution in [0.2, 0.25) is 0 Å². The molecule has 0 bridgehead atoms. The van der Waals surface area contributed by atoms with Crippen LogP contribution in [-0.2, 0) is 6.54 Å². The Hall–Kier alpha value is -2.44. The zero-order chi connectivity index (χ0) is 18.3. The predicted octanol–water partition coefficient (Wildman–Crippen LogP) is 2.45. The van der Waals surface area contributed by atoms with E-state index in [0.29, 0.717) is 6.04 Å². The van der Waals surface area contributed by atoms with Crippen LogP contribution in [0.3, 0.4) is 0 Å². The first-order chi connectivity index (χ1) is 12.5. The van der Waals surface area contributed by atoms with Gasteiger partial charge in [0.1, 0.15) is 11.6 Å². The maximum atomic E-state index is 4.81. The maximum absolute atomic E-state index is 4.81. The third-order valence-corrected chi connectivity index (χ3v) is 5.14. The molecular formula is C19H27N7. The van der Waals surface area contributed by atoms with Crippen LogP contribution in [0.5, 0.6) is 0 Å². The summed E-state index contributed by atoms with van der Waals surface area (Å²) in [6.07, 6.45) is 4.30. The summed E-state index contributed by atoms with van der Waals surface area (Å²) in [5.74, 6) is 3.73.